The molecule has 2 amide bonds. The first-order chi connectivity index (χ1) is 14.1. The summed E-state index contributed by atoms with van der Waals surface area (Å²) in [4.78, 5) is 32.3. The summed E-state index contributed by atoms with van der Waals surface area (Å²) in [6.45, 7) is 5.98. The molecule has 2 saturated heterocycles. The monoisotopic (exact) mass is 527 g/mol. The minimum atomic E-state index is 0. The van der Waals surface area contributed by atoms with Gasteiger partial charge in [-0.25, -0.2) is 0 Å². The second-order valence-electron chi connectivity index (χ2n) is 8.01. The van der Waals surface area contributed by atoms with Gasteiger partial charge in [0.15, 0.2) is 5.96 Å². The van der Waals surface area contributed by atoms with Gasteiger partial charge in [-0.3, -0.25) is 14.6 Å². The lowest BCUT2D eigenvalue weighted by Gasteiger charge is -2.31. The molecule has 30 heavy (non-hydrogen) atoms. The van der Waals surface area contributed by atoms with Crippen molar-refractivity contribution >= 4 is 47.4 Å². The smallest absolute Gasteiger partial charge is 0.227 e. The van der Waals surface area contributed by atoms with Crippen molar-refractivity contribution in [1.82, 2.24) is 15.5 Å². The Morgan fingerprint density at radius 3 is 2.57 bits per heavy atom. The van der Waals surface area contributed by atoms with Crippen LogP contribution >= 0.6 is 24.0 Å². The van der Waals surface area contributed by atoms with E-state index >= 15 is 0 Å². The van der Waals surface area contributed by atoms with Crippen LogP contribution in [0.25, 0.3) is 0 Å². The van der Waals surface area contributed by atoms with E-state index in [1.807, 2.05) is 34.1 Å². The maximum Gasteiger partial charge on any atom is 0.227 e. The topological polar surface area (TPSA) is 77.0 Å². The Morgan fingerprint density at radius 2 is 1.93 bits per heavy atom. The first kappa shape index (κ1) is 24.4. The zero-order chi connectivity index (χ0) is 20.6. The highest BCUT2D eigenvalue weighted by atomic mass is 127. The second-order valence-corrected chi connectivity index (χ2v) is 8.01. The molecule has 2 aliphatic rings. The molecule has 7 nitrogen and oxygen atoms in total. The molecule has 1 aromatic rings. The number of benzene rings is 1. The maximum absolute atomic E-state index is 12.4. The SMILES string of the molecule is CN=C(NCCC(=O)N1CCCC(C)C1)NCc1ccc(N2CCCC2=O)cc1.I. The molecular formula is C22H34IN5O2. The van der Waals surface area contributed by atoms with Gasteiger partial charge in [0.2, 0.25) is 11.8 Å². The van der Waals surface area contributed by atoms with E-state index in [2.05, 4.69) is 22.5 Å². The van der Waals surface area contributed by atoms with Gasteiger partial charge in [-0.05, 0) is 42.9 Å². The van der Waals surface area contributed by atoms with Gasteiger partial charge >= 0.3 is 0 Å². The van der Waals surface area contributed by atoms with Crippen LogP contribution in [0.2, 0.25) is 0 Å². The van der Waals surface area contributed by atoms with Crippen LogP contribution in [0, 0.1) is 5.92 Å². The third-order valence-corrected chi connectivity index (χ3v) is 5.65. The summed E-state index contributed by atoms with van der Waals surface area (Å²) < 4.78 is 0. The van der Waals surface area contributed by atoms with Gasteiger partial charge < -0.3 is 20.4 Å². The zero-order valence-corrected chi connectivity index (χ0v) is 20.4. The molecule has 1 atom stereocenters. The molecule has 0 aliphatic carbocycles. The molecule has 8 heteroatoms. The number of nitrogens with one attached hydrogen (secondary N) is 2. The largest absolute Gasteiger partial charge is 0.356 e. The summed E-state index contributed by atoms with van der Waals surface area (Å²) in [7, 11) is 1.73. The molecule has 0 aromatic heterocycles. The fourth-order valence-electron chi connectivity index (χ4n) is 3.98. The molecule has 2 aliphatic heterocycles. The van der Waals surface area contributed by atoms with Crippen LogP contribution in [0.15, 0.2) is 29.3 Å². The number of hydrogen-bond donors (Lipinski definition) is 2. The highest BCUT2D eigenvalue weighted by Gasteiger charge is 2.22. The van der Waals surface area contributed by atoms with Gasteiger partial charge in [0.05, 0.1) is 0 Å². The van der Waals surface area contributed by atoms with E-state index in [4.69, 9.17) is 0 Å². The van der Waals surface area contributed by atoms with Gasteiger partial charge in [-0.2, -0.15) is 0 Å². The number of guanidine groups is 1. The highest BCUT2D eigenvalue weighted by Crippen LogP contribution is 2.21. The van der Waals surface area contributed by atoms with E-state index in [1.54, 1.807) is 7.05 Å². The summed E-state index contributed by atoms with van der Waals surface area (Å²) in [6, 6.07) is 8.05. The van der Waals surface area contributed by atoms with Crippen LogP contribution in [0.1, 0.15) is 44.6 Å². The minimum absolute atomic E-state index is 0. The quantitative estimate of drug-likeness (QED) is 0.339. The summed E-state index contributed by atoms with van der Waals surface area (Å²) in [5.41, 5.74) is 2.08. The number of hydrogen-bond acceptors (Lipinski definition) is 3. The number of carbonyl (C=O) groups excluding carboxylic acids is 2. The number of carbonyl (C=O) groups is 2. The average molecular weight is 527 g/mol. The Morgan fingerprint density at radius 1 is 1.17 bits per heavy atom. The van der Waals surface area contributed by atoms with Crippen LogP contribution in [-0.4, -0.2) is 55.9 Å². The summed E-state index contributed by atoms with van der Waals surface area (Å²) in [5, 5.41) is 6.50. The van der Waals surface area contributed by atoms with E-state index < -0.39 is 0 Å². The Balaban J connectivity index is 0.00000320. The van der Waals surface area contributed by atoms with Crippen LogP contribution in [0.4, 0.5) is 5.69 Å². The molecule has 2 fully saturated rings. The molecule has 0 spiro atoms. The van der Waals surface area contributed by atoms with Crippen molar-refractivity contribution in [2.24, 2.45) is 10.9 Å². The first-order valence-electron chi connectivity index (χ1n) is 10.7. The molecule has 1 aromatic carbocycles. The van der Waals surface area contributed by atoms with Crippen molar-refractivity contribution in [1.29, 1.82) is 0 Å². The molecule has 0 saturated carbocycles. The molecule has 1 unspecified atom stereocenters. The number of nitrogens with zero attached hydrogens (tertiary/aromatic N) is 3. The number of halogens is 1. The lowest BCUT2D eigenvalue weighted by Crippen LogP contribution is -2.42. The van der Waals surface area contributed by atoms with E-state index in [0.29, 0.717) is 37.8 Å². The molecule has 2 N–H and O–H groups in total. The minimum Gasteiger partial charge on any atom is -0.356 e. The van der Waals surface area contributed by atoms with Crippen molar-refractivity contribution < 1.29 is 9.59 Å². The lowest BCUT2D eigenvalue weighted by molar-refractivity contribution is -0.132. The number of aliphatic imine (C=N–C) groups is 1. The van der Waals surface area contributed by atoms with Crippen molar-refractivity contribution in [2.75, 3.05) is 38.1 Å². The number of likely N-dealkylation sites (tertiary alicyclic amines) is 1. The number of anilines is 1. The van der Waals surface area contributed by atoms with E-state index in [-0.39, 0.29) is 35.8 Å². The predicted octanol–water partition coefficient (Wildman–Crippen LogP) is 2.75. The predicted molar refractivity (Wildman–Crippen MR) is 131 cm³/mol. The Kier molecular flexibility index (Phi) is 9.87. The van der Waals surface area contributed by atoms with Crippen molar-refractivity contribution in [3.63, 3.8) is 0 Å². The van der Waals surface area contributed by atoms with E-state index in [0.717, 1.165) is 43.7 Å². The summed E-state index contributed by atoms with van der Waals surface area (Å²) in [6.07, 6.45) is 4.38. The molecule has 0 radical (unpaired) electrons. The molecule has 166 valence electrons. The highest BCUT2D eigenvalue weighted by molar-refractivity contribution is 14.0. The van der Waals surface area contributed by atoms with Gasteiger partial charge in [-0.1, -0.05) is 19.1 Å². The van der Waals surface area contributed by atoms with Crippen LogP contribution in [0.5, 0.6) is 0 Å². The van der Waals surface area contributed by atoms with E-state index in [9.17, 15) is 9.59 Å². The van der Waals surface area contributed by atoms with Gasteiger partial charge in [0.1, 0.15) is 0 Å². The number of piperidine rings is 1. The van der Waals surface area contributed by atoms with Crippen LogP contribution in [0.3, 0.4) is 0 Å². The van der Waals surface area contributed by atoms with Gasteiger partial charge in [-0.15, -0.1) is 24.0 Å². The Labute approximate surface area is 196 Å². The van der Waals surface area contributed by atoms with Crippen molar-refractivity contribution in [2.45, 2.75) is 45.6 Å². The van der Waals surface area contributed by atoms with Gasteiger partial charge in [0.25, 0.3) is 0 Å². The average Bonchev–Trinajstić information content (AvgIpc) is 3.16. The molecule has 2 heterocycles. The van der Waals surface area contributed by atoms with Crippen molar-refractivity contribution in [3.05, 3.63) is 29.8 Å². The van der Waals surface area contributed by atoms with E-state index in [1.165, 1.54) is 6.42 Å². The molecule has 3 rings (SSSR count). The molecular weight excluding hydrogens is 493 g/mol. The maximum atomic E-state index is 12.4. The third kappa shape index (κ3) is 6.85. The first-order valence-corrected chi connectivity index (χ1v) is 10.7. The third-order valence-electron chi connectivity index (χ3n) is 5.65. The van der Waals surface area contributed by atoms with Crippen molar-refractivity contribution in [3.8, 4) is 0 Å². The summed E-state index contributed by atoms with van der Waals surface area (Å²) in [5.74, 6) is 1.70. The fourth-order valence-corrected chi connectivity index (χ4v) is 3.98. The van der Waals surface area contributed by atoms with Crippen LogP contribution in [-0.2, 0) is 16.1 Å². The Bertz CT molecular complexity index is 738. The van der Waals surface area contributed by atoms with Gasteiger partial charge in [0, 0.05) is 58.3 Å². The standard InChI is InChI=1S/C22H33N5O2.HI/c1-17-5-3-13-26(16-17)20(28)11-12-24-22(23-2)25-15-18-7-9-19(10-8-18)27-14-4-6-21(27)29;/h7-10,17H,3-6,11-16H2,1-2H3,(H2,23,24,25);1H. The normalized spacial score (nSPS) is 19.5. The Hall–Kier alpha value is -1.84. The fraction of sp³-hybridized carbons (Fsp3) is 0.591. The van der Waals surface area contributed by atoms with Crippen LogP contribution < -0.4 is 15.5 Å². The summed E-state index contributed by atoms with van der Waals surface area (Å²) >= 11 is 0. The number of rotatable bonds is 6. The molecule has 0 bridgehead atoms. The number of amides is 2. The zero-order valence-electron chi connectivity index (χ0n) is 18.0. The lowest BCUT2D eigenvalue weighted by atomic mass is 10.00. The second kappa shape index (κ2) is 12.1.